The van der Waals surface area contributed by atoms with Crippen molar-refractivity contribution < 1.29 is 0 Å². The first kappa shape index (κ1) is 12.4. The lowest BCUT2D eigenvalue weighted by atomic mass is 9.85. The van der Waals surface area contributed by atoms with Crippen molar-refractivity contribution in [3.05, 3.63) is 29.5 Å². The fraction of sp³-hybridized carbons (Fsp3) is 0.357. The van der Waals surface area contributed by atoms with Crippen LogP contribution in [0, 0.1) is 5.92 Å². The smallest absolute Gasteiger partial charge is 0.0743 e. The second kappa shape index (κ2) is 4.78. The van der Waals surface area contributed by atoms with Gasteiger partial charge in [-0.2, -0.15) is 5.10 Å². The fourth-order valence-corrected chi connectivity index (χ4v) is 2.65. The minimum atomic E-state index is 0.436. The van der Waals surface area contributed by atoms with Crippen LogP contribution in [0.5, 0.6) is 0 Å². The summed E-state index contributed by atoms with van der Waals surface area (Å²) in [5.41, 5.74) is 14.4. The monoisotopic (exact) mass is 276 g/mol. The van der Waals surface area contributed by atoms with Gasteiger partial charge in [-0.1, -0.05) is 24.1 Å². The van der Waals surface area contributed by atoms with E-state index in [4.69, 9.17) is 23.1 Å². The van der Waals surface area contributed by atoms with E-state index in [0.717, 1.165) is 23.6 Å². The quantitative estimate of drug-likeness (QED) is 0.846. The van der Waals surface area contributed by atoms with Crippen LogP contribution in [0.2, 0.25) is 5.02 Å². The Morgan fingerprint density at radius 1 is 1.32 bits per heavy atom. The molecule has 0 bridgehead atoms. The minimum Gasteiger partial charge on any atom is -0.397 e. The molecular weight excluding hydrogens is 260 g/mol. The number of halogens is 1. The lowest BCUT2D eigenvalue weighted by Gasteiger charge is -2.24. The van der Waals surface area contributed by atoms with Gasteiger partial charge in [0.05, 0.1) is 22.6 Å². The normalized spacial score (nSPS) is 15.4. The fourth-order valence-electron chi connectivity index (χ4n) is 2.37. The summed E-state index contributed by atoms with van der Waals surface area (Å²) in [5.74, 6) is 0.778. The number of aromatic nitrogens is 2. The molecule has 1 aliphatic rings. The molecule has 0 saturated heterocycles. The summed E-state index contributed by atoms with van der Waals surface area (Å²) in [5, 5.41) is 4.90. The molecule has 0 atom stereocenters. The molecule has 100 valence electrons. The number of nitrogens with two attached hydrogens (primary N) is 2. The molecule has 1 aliphatic carbocycles. The Morgan fingerprint density at radius 2 is 2.11 bits per heavy atom. The summed E-state index contributed by atoms with van der Waals surface area (Å²) in [6.07, 6.45) is 7.82. The number of hydrogen-bond acceptors (Lipinski definition) is 3. The Bertz CT molecular complexity index is 601. The summed E-state index contributed by atoms with van der Waals surface area (Å²) in [6, 6.07) is 3.67. The molecule has 1 fully saturated rings. The SMILES string of the molecule is Nc1ccc(-c2cnn(CC3CCC3)c2)c(Cl)c1N. The molecule has 1 heterocycles. The Hall–Kier alpha value is -1.68. The lowest BCUT2D eigenvalue weighted by Crippen LogP contribution is -2.18. The molecule has 4 N–H and O–H groups in total. The van der Waals surface area contributed by atoms with Gasteiger partial charge in [0.1, 0.15) is 0 Å². The third-order valence-electron chi connectivity index (χ3n) is 3.83. The highest BCUT2D eigenvalue weighted by atomic mass is 35.5. The van der Waals surface area contributed by atoms with Crippen molar-refractivity contribution in [3.63, 3.8) is 0 Å². The molecule has 1 aromatic heterocycles. The van der Waals surface area contributed by atoms with Gasteiger partial charge in [-0.25, -0.2) is 0 Å². The van der Waals surface area contributed by atoms with Crippen LogP contribution in [0.25, 0.3) is 11.1 Å². The molecule has 19 heavy (non-hydrogen) atoms. The Labute approximate surface area is 117 Å². The summed E-state index contributed by atoms with van der Waals surface area (Å²) in [6.45, 7) is 0.988. The zero-order valence-electron chi connectivity index (χ0n) is 10.6. The van der Waals surface area contributed by atoms with E-state index in [1.54, 1.807) is 6.07 Å². The summed E-state index contributed by atoms with van der Waals surface area (Å²) >= 11 is 6.24. The molecule has 1 aromatic carbocycles. The van der Waals surface area contributed by atoms with Crippen molar-refractivity contribution in [2.45, 2.75) is 25.8 Å². The standard InChI is InChI=1S/C14H17ClN4/c15-13-11(4-5-12(16)14(13)17)10-6-18-19(8-10)7-9-2-1-3-9/h4-6,8-9H,1-3,7,16-17H2. The van der Waals surface area contributed by atoms with E-state index in [1.807, 2.05) is 23.1 Å². The minimum absolute atomic E-state index is 0.436. The first-order valence-electron chi connectivity index (χ1n) is 6.51. The third-order valence-corrected chi connectivity index (χ3v) is 4.23. The molecule has 1 saturated carbocycles. The van der Waals surface area contributed by atoms with Crippen LogP contribution in [-0.2, 0) is 6.54 Å². The average Bonchev–Trinajstić information content (AvgIpc) is 2.80. The van der Waals surface area contributed by atoms with E-state index in [9.17, 15) is 0 Å². The van der Waals surface area contributed by atoms with Gasteiger partial charge in [0.25, 0.3) is 0 Å². The van der Waals surface area contributed by atoms with Crippen molar-refractivity contribution in [3.8, 4) is 11.1 Å². The second-order valence-corrected chi connectivity index (χ2v) is 5.56. The summed E-state index contributed by atoms with van der Waals surface area (Å²) < 4.78 is 1.99. The predicted molar refractivity (Wildman–Crippen MR) is 78.8 cm³/mol. The van der Waals surface area contributed by atoms with Crippen LogP contribution < -0.4 is 11.5 Å². The predicted octanol–water partition coefficient (Wildman–Crippen LogP) is 3.17. The largest absolute Gasteiger partial charge is 0.397 e. The van der Waals surface area contributed by atoms with E-state index in [1.165, 1.54) is 19.3 Å². The van der Waals surface area contributed by atoms with Gasteiger partial charge in [-0.05, 0) is 24.8 Å². The highest BCUT2D eigenvalue weighted by Gasteiger charge is 2.18. The number of nitrogen functional groups attached to an aromatic ring is 2. The Kier molecular flexibility index (Phi) is 3.11. The number of anilines is 2. The maximum atomic E-state index is 6.24. The van der Waals surface area contributed by atoms with Crippen LogP contribution in [0.1, 0.15) is 19.3 Å². The highest BCUT2D eigenvalue weighted by Crippen LogP contribution is 2.35. The van der Waals surface area contributed by atoms with E-state index < -0.39 is 0 Å². The van der Waals surface area contributed by atoms with Crippen molar-refractivity contribution in [2.75, 3.05) is 11.5 Å². The molecule has 0 unspecified atom stereocenters. The molecule has 3 rings (SSSR count). The van der Waals surface area contributed by atoms with Crippen LogP contribution in [0.4, 0.5) is 11.4 Å². The number of hydrogen-bond donors (Lipinski definition) is 2. The van der Waals surface area contributed by atoms with Crippen LogP contribution in [-0.4, -0.2) is 9.78 Å². The van der Waals surface area contributed by atoms with Gasteiger partial charge in [-0.3, -0.25) is 4.68 Å². The topological polar surface area (TPSA) is 69.9 Å². The van der Waals surface area contributed by atoms with Gasteiger partial charge in [-0.15, -0.1) is 0 Å². The van der Waals surface area contributed by atoms with Crippen LogP contribution in [0.3, 0.4) is 0 Å². The van der Waals surface area contributed by atoms with E-state index in [-0.39, 0.29) is 0 Å². The number of benzene rings is 1. The lowest BCUT2D eigenvalue weighted by molar-refractivity contribution is 0.266. The highest BCUT2D eigenvalue weighted by molar-refractivity contribution is 6.36. The Morgan fingerprint density at radius 3 is 2.79 bits per heavy atom. The van der Waals surface area contributed by atoms with Crippen molar-refractivity contribution in [1.29, 1.82) is 0 Å². The molecule has 0 aliphatic heterocycles. The molecule has 0 amide bonds. The van der Waals surface area contributed by atoms with Gasteiger partial charge < -0.3 is 11.5 Å². The average molecular weight is 277 g/mol. The maximum Gasteiger partial charge on any atom is 0.0743 e. The summed E-state index contributed by atoms with van der Waals surface area (Å²) in [7, 11) is 0. The van der Waals surface area contributed by atoms with Crippen LogP contribution in [0.15, 0.2) is 24.5 Å². The maximum absolute atomic E-state index is 6.24. The molecule has 5 heteroatoms. The van der Waals surface area contributed by atoms with Crippen molar-refractivity contribution in [2.24, 2.45) is 5.92 Å². The molecule has 0 spiro atoms. The van der Waals surface area contributed by atoms with Crippen molar-refractivity contribution >= 4 is 23.0 Å². The van der Waals surface area contributed by atoms with Gasteiger partial charge in [0.15, 0.2) is 0 Å². The summed E-state index contributed by atoms with van der Waals surface area (Å²) in [4.78, 5) is 0. The Balaban J connectivity index is 1.87. The van der Waals surface area contributed by atoms with Gasteiger partial charge in [0, 0.05) is 23.9 Å². The van der Waals surface area contributed by atoms with Gasteiger partial charge >= 0.3 is 0 Å². The third kappa shape index (κ3) is 2.28. The molecule has 4 nitrogen and oxygen atoms in total. The van der Waals surface area contributed by atoms with E-state index >= 15 is 0 Å². The van der Waals surface area contributed by atoms with Gasteiger partial charge in [0.2, 0.25) is 0 Å². The number of nitrogens with zero attached hydrogens (tertiary/aromatic N) is 2. The van der Waals surface area contributed by atoms with Crippen LogP contribution >= 0.6 is 11.6 Å². The van der Waals surface area contributed by atoms with Crippen molar-refractivity contribution in [1.82, 2.24) is 9.78 Å². The van der Waals surface area contributed by atoms with E-state index in [0.29, 0.717) is 16.4 Å². The first-order valence-corrected chi connectivity index (χ1v) is 6.89. The zero-order valence-corrected chi connectivity index (χ0v) is 11.4. The zero-order chi connectivity index (χ0) is 13.4. The molecule has 0 radical (unpaired) electrons. The first-order chi connectivity index (χ1) is 9.15. The molecular formula is C14H17ClN4. The van der Waals surface area contributed by atoms with E-state index in [2.05, 4.69) is 5.10 Å². The number of rotatable bonds is 3. The second-order valence-electron chi connectivity index (χ2n) is 5.18. The molecule has 2 aromatic rings.